The number of halogens is 2. The molecule has 1 nitrogen and oxygen atoms in total. The van der Waals surface area contributed by atoms with Crippen molar-refractivity contribution in [2.75, 3.05) is 11.9 Å². The molecule has 1 aromatic carbocycles. The molecule has 3 heteroatoms. The highest BCUT2D eigenvalue weighted by atomic mass is 79.9. The maximum Gasteiger partial charge on any atom is 0.0237 e. The monoisotopic (exact) mass is 303 g/mol. The van der Waals surface area contributed by atoms with Crippen molar-refractivity contribution in [3.05, 3.63) is 35.9 Å². The lowest BCUT2D eigenvalue weighted by molar-refractivity contribution is 0.156. The molecule has 1 aliphatic rings. The summed E-state index contributed by atoms with van der Waals surface area (Å²) in [5, 5.41) is 1.11. The van der Waals surface area contributed by atoms with Crippen LogP contribution < -0.4 is 0 Å². The van der Waals surface area contributed by atoms with Crippen LogP contribution in [0.1, 0.15) is 24.8 Å². The Kier molecular flexibility index (Phi) is 6.40. The van der Waals surface area contributed by atoms with Crippen LogP contribution in [0.4, 0.5) is 0 Å². The van der Waals surface area contributed by atoms with Gasteiger partial charge in [-0.05, 0) is 24.9 Å². The summed E-state index contributed by atoms with van der Waals surface area (Å²) in [5.41, 5.74) is 1.44. The standard InChI is InChI=1S/C13H18BrN.ClH/c14-10-13-8-4-5-9-15(13)11-12-6-2-1-3-7-12;/h1-3,6-7,13H,4-5,8-11H2;1H/t13-;/m0./s1. The summed E-state index contributed by atoms with van der Waals surface area (Å²) < 4.78 is 0. The number of likely N-dealkylation sites (tertiary alicyclic amines) is 1. The molecule has 0 N–H and O–H groups in total. The molecule has 1 fully saturated rings. The molecule has 0 aromatic heterocycles. The van der Waals surface area contributed by atoms with Crippen LogP contribution in [-0.4, -0.2) is 22.8 Å². The average molecular weight is 305 g/mol. The van der Waals surface area contributed by atoms with E-state index in [-0.39, 0.29) is 12.4 Å². The van der Waals surface area contributed by atoms with E-state index in [1.165, 1.54) is 31.4 Å². The van der Waals surface area contributed by atoms with Gasteiger partial charge in [0, 0.05) is 17.9 Å². The Morgan fingerprint density at radius 3 is 2.62 bits per heavy atom. The molecule has 1 atom stereocenters. The fourth-order valence-electron chi connectivity index (χ4n) is 2.26. The van der Waals surface area contributed by atoms with E-state index in [9.17, 15) is 0 Å². The van der Waals surface area contributed by atoms with E-state index in [2.05, 4.69) is 51.2 Å². The van der Waals surface area contributed by atoms with Gasteiger partial charge in [-0.25, -0.2) is 0 Å². The smallest absolute Gasteiger partial charge is 0.0237 e. The quantitative estimate of drug-likeness (QED) is 0.767. The maximum absolute atomic E-state index is 3.62. The molecule has 2 rings (SSSR count). The highest BCUT2D eigenvalue weighted by Gasteiger charge is 2.20. The number of nitrogens with zero attached hydrogens (tertiary/aromatic N) is 1. The first-order chi connectivity index (χ1) is 7.40. The van der Waals surface area contributed by atoms with E-state index in [1.807, 2.05) is 0 Å². The Bertz CT molecular complexity index is 291. The van der Waals surface area contributed by atoms with E-state index >= 15 is 0 Å². The molecule has 0 saturated carbocycles. The molecule has 0 spiro atoms. The topological polar surface area (TPSA) is 3.24 Å². The van der Waals surface area contributed by atoms with Crippen LogP contribution >= 0.6 is 28.3 Å². The van der Waals surface area contributed by atoms with Gasteiger partial charge in [0.25, 0.3) is 0 Å². The molecule has 1 aliphatic heterocycles. The molecular formula is C13H19BrClN. The Labute approximate surface area is 113 Å². The summed E-state index contributed by atoms with van der Waals surface area (Å²) in [6.07, 6.45) is 4.09. The number of piperidine rings is 1. The zero-order valence-corrected chi connectivity index (χ0v) is 11.8. The van der Waals surface area contributed by atoms with E-state index in [0.717, 1.165) is 17.9 Å². The first kappa shape index (κ1) is 14.0. The summed E-state index contributed by atoms with van der Waals surface area (Å²) in [4.78, 5) is 2.60. The van der Waals surface area contributed by atoms with Gasteiger partial charge in [0.15, 0.2) is 0 Å². The average Bonchev–Trinajstić information content (AvgIpc) is 2.31. The minimum Gasteiger partial charge on any atom is -0.295 e. The minimum atomic E-state index is 0. The molecule has 1 saturated heterocycles. The zero-order chi connectivity index (χ0) is 10.5. The molecule has 0 bridgehead atoms. The summed E-state index contributed by atoms with van der Waals surface area (Å²) in [6, 6.07) is 11.5. The van der Waals surface area contributed by atoms with Gasteiger partial charge >= 0.3 is 0 Å². The third-order valence-electron chi connectivity index (χ3n) is 3.16. The fraction of sp³-hybridized carbons (Fsp3) is 0.538. The van der Waals surface area contributed by atoms with E-state index in [0.29, 0.717) is 0 Å². The van der Waals surface area contributed by atoms with Gasteiger partial charge in [-0.1, -0.05) is 52.7 Å². The van der Waals surface area contributed by atoms with Gasteiger partial charge in [-0.2, -0.15) is 0 Å². The van der Waals surface area contributed by atoms with Crippen LogP contribution in [0.2, 0.25) is 0 Å². The van der Waals surface area contributed by atoms with Gasteiger partial charge < -0.3 is 0 Å². The Hall–Kier alpha value is -0.0500. The summed E-state index contributed by atoms with van der Waals surface area (Å²) in [6.45, 7) is 2.36. The molecule has 1 heterocycles. The Morgan fingerprint density at radius 1 is 1.19 bits per heavy atom. The van der Waals surface area contributed by atoms with E-state index in [1.54, 1.807) is 0 Å². The molecule has 0 unspecified atom stereocenters. The summed E-state index contributed by atoms with van der Waals surface area (Å²) in [7, 11) is 0. The Balaban J connectivity index is 0.00000128. The SMILES string of the molecule is BrC[C@@H]1CCCCN1Cc1ccccc1.Cl. The first-order valence-electron chi connectivity index (χ1n) is 5.74. The van der Waals surface area contributed by atoms with Crippen LogP contribution in [0.5, 0.6) is 0 Å². The Morgan fingerprint density at radius 2 is 1.94 bits per heavy atom. The van der Waals surface area contributed by atoms with E-state index in [4.69, 9.17) is 0 Å². The predicted molar refractivity (Wildman–Crippen MR) is 75.5 cm³/mol. The lowest BCUT2D eigenvalue weighted by atomic mass is 10.0. The number of benzene rings is 1. The highest BCUT2D eigenvalue weighted by Crippen LogP contribution is 2.20. The maximum atomic E-state index is 3.62. The normalized spacial score (nSPS) is 21.4. The van der Waals surface area contributed by atoms with Gasteiger partial charge in [0.05, 0.1) is 0 Å². The van der Waals surface area contributed by atoms with Crippen molar-refractivity contribution < 1.29 is 0 Å². The lowest BCUT2D eigenvalue weighted by Gasteiger charge is -2.34. The van der Waals surface area contributed by atoms with Gasteiger partial charge in [-0.15, -0.1) is 12.4 Å². The third kappa shape index (κ3) is 3.76. The van der Waals surface area contributed by atoms with Crippen molar-refractivity contribution in [3.63, 3.8) is 0 Å². The van der Waals surface area contributed by atoms with Crippen LogP contribution in [0.15, 0.2) is 30.3 Å². The summed E-state index contributed by atoms with van der Waals surface area (Å²) >= 11 is 3.62. The highest BCUT2D eigenvalue weighted by molar-refractivity contribution is 9.09. The number of hydrogen-bond donors (Lipinski definition) is 0. The third-order valence-corrected chi connectivity index (χ3v) is 3.90. The van der Waals surface area contributed by atoms with Crippen LogP contribution in [0.3, 0.4) is 0 Å². The van der Waals surface area contributed by atoms with Gasteiger partial charge in [-0.3, -0.25) is 4.90 Å². The molecule has 90 valence electrons. The van der Waals surface area contributed by atoms with Crippen molar-refractivity contribution >= 4 is 28.3 Å². The fourth-order valence-corrected chi connectivity index (χ4v) is 2.99. The van der Waals surface area contributed by atoms with Crippen LogP contribution in [0.25, 0.3) is 0 Å². The number of hydrogen-bond acceptors (Lipinski definition) is 1. The van der Waals surface area contributed by atoms with Crippen molar-refractivity contribution in [2.45, 2.75) is 31.8 Å². The predicted octanol–water partition coefficient (Wildman–Crippen LogP) is 3.86. The van der Waals surface area contributed by atoms with Crippen molar-refractivity contribution in [1.82, 2.24) is 4.90 Å². The molecule has 0 radical (unpaired) electrons. The largest absolute Gasteiger partial charge is 0.295 e. The second-order valence-electron chi connectivity index (χ2n) is 4.26. The van der Waals surface area contributed by atoms with Crippen molar-refractivity contribution in [3.8, 4) is 0 Å². The molecular weight excluding hydrogens is 286 g/mol. The number of alkyl halides is 1. The number of rotatable bonds is 3. The van der Waals surface area contributed by atoms with Crippen LogP contribution in [0, 0.1) is 0 Å². The second kappa shape index (κ2) is 7.31. The molecule has 0 aliphatic carbocycles. The van der Waals surface area contributed by atoms with Gasteiger partial charge in [0.2, 0.25) is 0 Å². The van der Waals surface area contributed by atoms with E-state index < -0.39 is 0 Å². The summed E-state index contributed by atoms with van der Waals surface area (Å²) in [5.74, 6) is 0. The minimum absolute atomic E-state index is 0. The molecule has 16 heavy (non-hydrogen) atoms. The molecule has 1 aromatic rings. The molecule has 0 amide bonds. The van der Waals surface area contributed by atoms with Gasteiger partial charge in [0.1, 0.15) is 0 Å². The van der Waals surface area contributed by atoms with Crippen LogP contribution in [-0.2, 0) is 6.54 Å². The van der Waals surface area contributed by atoms with Crippen molar-refractivity contribution in [1.29, 1.82) is 0 Å². The first-order valence-corrected chi connectivity index (χ1v) is 6.86. The zero-order valence-electron chi connectivity index (χ0n) is 9.44. The van der Waals surface area contributed by atoms with Crippen molar-refractivity contribution in [2.24, 2.45) is 0 Å². The second-order valence-corrected chi connectivity index (χ2v) is 4.91. The lowest BCUT2D eigenvalue weighted by Crippen LogP contribution is -2.39.